The number of carbonyl (C=O) groups is 2. The Kier molecular flexibility index (Phi) is 6.69. The van der Waals surface area contributed by atoms with Crippen LogP contribution in [0.15, 0.2) is 59.5 Å². The Bertz CT molecular complexity index is 673. The molecule has 0 radical (unpaired) electrons. The molecule has 0 aromatic heterocycles. The number of esters is 1. The summed E-state index contributed by atoms with van der Waals surface area (Å²) in [5.74, 6) is 0.0503. The number of anilines is 1. The van der Waals surface area contributed by atoms with Gasteiger partial charge in [-0.1, -0.05) is 18.2 Å². The quantitative estimate of drug-likeness (QED) is 0.616. The number of ether oxygens (including phenoxy) is 2. The summed E-state index contributed by atoms with van der Waals surface area (Å²) in [4.78, 5) is 24.9. The Hall–Kier alpha value is -2.47. The first-order chi connectivity index (χ1) is 11.6. The molecule has 0 aliphatic heterocycles. The maximum atomic E-state index is 12.1. The second kappa shape index (κ2) is 8.98. The highest BCUT2D eigenvalue weighted by molar-refractivity contribution is 8.00. The average Bonchev–Trinajstić information content (AvgIpc) is 2.61. The Balaban J connectivity index is 1.78. The van der Waals surface area contributed by atoms with Gasteiger partial charge in [0.15, 0.2) is 6.10 Å². The molecule has 0 heterocycles. The molecule has 5 nitrogen and oxygen atoms in total. The summed E-state index contributed by atoms with van der Waals surface area (Å²) in [6, 6.07) is 16.5. The van der Waals surface area contributed by atoms with E-state index >= 15 is 0 Å². The van der Waals surface area contributed by atoms with E-state index in [0.717, 1.165) is 4.90 Å². The number of rotatable bonds is 7. The maximum absolute atomic E-state index is 12.1. The normalized spacial score (nSPS) is 11.4. The molecule has 2 aromatic carbocycles. The summed E-state index contributed by atoms with van der Waals surface area (Å²) in [6.45, 7) is 1.55. The van der Waals surface area contributed by atoms with Crippen molar-refractivity contribution in [3.63, 3.8) is 0 Å². The Labute approximate surface area is 145 Å². The van der Waals surface area contributed by atoms with E-state index in [1.807, 2.05) is 30.3 Å². The Morgan fingerprint density at radius 2 is 1.75 bits per heavy atom. The van der Waals surface area contributed by atoms with Crippen molar-refractivity contribution in [1.29, 1.82) is 0 Å². The Morgan fingerprint density at radius 1 is 1.08 bits per heavy atom. The van der Waals surface area contributed by atoms with Crippen molar-refractivity contribution in [1.82, 2.24) is 0 Å². The van der Waals surface area contributed by atoms with Crippen LogP contribution in [0.2, 0.25) is 0 Å². The molecule has 0 aliphatic carbocycles. The van der Waals surface area contributed by atoms with Crippen molar-refractivity contribution < 1.29 is 19.1 Å². The van der Waals surface area contributed by atoms with Crippen LogP contribution in [0.3, 0.4) is 0 Å². The first-order valence-corrected chi connectivity index (χ1v) is 8.39. The van der Waals surface area contributed by atoms with Crippen molar-refractivity contribution in [2.24, 2.45) is 0 Å². The molecule has 0 spiro atoms. The number of methoxy groups -OCH3 is 1. The fourth-order valence-electron chi connectivity index (χ4n) is 1.86. The van der Waals surface area contributed by atoms with Gasteiger partial charge >= 0.3 is 5.97 Å². The highest BCUT2D eigenvalue weighted by Crippen LogP contribution is 2.18. The third kappa shape index (κ3) is 5.62. The number of hydrogen-bond acceptors (Lipinski definition) is 5. The van der Waals surface area contributed by atoms with Crippen molar-refractivity contribution >= 4 is 29.3 Å². The Morgan fingerprint density at radius 3 is 2.38 bits per heavy atom. The first-order valence-electron chi connectivity index (χ1n) is 7.40. The third-order valence-electron chi connectivity index (χ3n) is 3.13. The van der Waals surface area contributed by atoms with Crippen LogP contribution in [0.4, 0.5) is 5.69 Å². The van der Waals surface area contributed by atoms with Gasteiger partial charge < -0.3 is 14.8 Å². The average molecular weight is 345 g/mol. The van der Waals surface area contributed by atoms with Crippen molar-refractivity contribution in [3.05, 3.63) is 54.6 Å². The van der Waals surface area contributed by atoms with E-state index in [1.165, 1.54) is 11.8 Å². The molecule has 0 aliphatic rings. The summed E-state index contributed by atoms with van der Waals surface area (Å²) < 4.78 is 10.2. The van der Waals surface area contributed by atoms with Gasteiger partial charge in [0.25, 0.3) is 5.91 Å². The summed E-state index contributed by atoms with van der Waals surface area (Å²) in [5.41, 5.74) is 0.613. The molecule has 0 fully saturated rings. The second-order valence-electron chi connectivity index (χ2n) is 4.95. The van der Waals surface area contributed by atoms with E-state index in [9.17, 15) is 9.59 Å². The number of benzene rings is 2. The van der Waals surface area contributed by atoms with Gasteiger partial charge in [0, 0.05) is 10.6 Å². The lowest BCUT2D eigenvalue weighted by Gasteiger charge is -2.13. The number of hydrogen-bond donors (Lipinski definition) is 1. The van der Waals surface area contributed by atoms with Gasteiger partial charge in [0.2, 0.25) is 0 Å². The predicted octanol–water partition coefficient (Wildman–Crippen LogP) is 3.36. The zero-order valence-corrected chi connectivity index (χ0v) is 14.3. The number of nitrogens with one attached hydrogen (secondary N) is 1. The fourth-order valence-corrected chi connectivity index (χ4v) is 2.56. The van der Waals surface area contributed by atoms with Crippen LogP contribution in [0.5, 0.6) is 5.75 Å². The predicted molar refractivity (Wildman–Crippen MR) is 94.3 cm³/mol. The van der Waals surface area contributed by atoms with Gasteiger partial charge in [-0.3, -0.25) is 9.59 Å². The number of carbonyl (C=O) groups excluding carboxylic acids is 2. The van der Waals surface area contributed by atoms with Crippen molar-refractivity contribution in [2.75, 3.05) is 18.2 Å². The summed E-state index contributed by atoms with van der Waals surface area (Å²) in [6.07, 6.45) is -0.865. The standard InChI is InChI=1S/C18H19NO4S/c1-13(18(21)19-14-8-10-15(22-2)11-9-14)23-17(20)12-24-16-6-4-3-5-7-16/h3-11,13H,12H2,1-2H3,(H,19,21)/t13-/m0/s1. The smallest absolute Gasteiger partial charge is 0.317 e. The van der Waals surface area contributed by atoms with Gasteiger partial charge in [-0.2, -0.15) is 0 Å². The molecule has 0 unspecified atom stereocenters. The monoisotopic (exact) mass is 345 g/mol. The zero-order valence-electron chi connectivity index (χ0n) is 13.5. The van der Waals surface area contributed by atoms with E-state index in [2.05, 4.69) is 5.32 Å². The second-order valence-corrected chi connectivity index (χ2v) is 6.00. The SMILES string of the molecule is COc1ccc(NC(=O)[C@H](C)OC(=O)CSc2ccccc2)cc1. The highest BCUT2D eigenvalue weighted by atomic mass is 32.2. The lowest BCUT2D eigenvalue weighted by Crippen LogP contribution is -2.30. The topological polar surface area (TPSA) is 64.6 Å². The minimum Gasteiger partial charge on any atom is -0.497 e. The van der Waals surface area contributed by atoms with Crippen molar-refractivity contribution in [2.45, 2.75) is 17.9 Å². The largest absolute Gasteiger partial charge is 0.497 e. The molecule has 6 heteroatoms. The molecule has 2 rings (SSSR count). The van der Waals surface area contributed by atoms with Crippen LogP contribution in [0, 0.1) is 0 Å². The van der Waals surface area contributed by atoms with Crippen LogP contribution < -0.4 is 10.1 Å². The highest BCUT2D eigenvalue weighted by Gasteiger charge is 2.18. The lowest BCUT2D eigenvalue weighted by molar-refractivity contribution is -0.150. The van der Waals surface area contributed by atoms with Crippen LogP contribution in [-0.2, 0) is 14.3 Å². The molecule has 1 atom stereocenters. The molecule has 1 amide bonds. The molecular weight excluding hydrogens is 326 g/mol. The summed E-state index contributed by atoms with van der Waals surface area (Å²) >= 11 is 1.37. The minimum absolute atomic E-state index is 0.157. The summed E-state index contributed by atoms with van der Waals surface area (Å²) in [7, 11) is 1.57. The van der Waals surface area contributed by atoms with E-state index in [1.54, 1.807) is 38.3 Å². The zero-order chi connectivity index (χ0) is 17.4. The van der Waals surface area contributed by atoms with Gasteiger partial charge in [-0.15, -0.1) is 11.8 Å². The van der Waals surface area contributed by atoms with E-state index < -0.39 is 12.1 Å². The lowest BCUT2D eigenvalue weighted by atomic mass is 10.3. The van der Waals surface area contributed by atoms with Crippen LogP contribution >= 0.6 is 11.8 Å². The molecule has 24 heavy (non-hydrogen) atoms. The van der Waals surface area contributed by atoms with Crippen LogP contribution in [0.1, 0.15) is 6.92 Å². The van der Waals surface area contributed by atoms with Crippen molar-refractivity contribution in [3.8, 4) is 5.75 Å². The van der Waals surface area contributed by atoms with E-state index in [-0.39, 0.29) is 11.7 Å². The molecule has 1 N–H and O–H groups in total. The van der Waals surface area contributed by atoms with E-state index in [0.29, 0.717) is 11.4 Å². The molecular formula is C18H19NO4S. The van der Waals surface area contributed by atoms with Crippen LogP contribution in [0.25, 0.3) is 0 Å². The van der Waals surface area contributed by atoms with Crippen LogP contribution in [-0.4, -0.2) is 30.8 Å². The third-order valence-corrected chi connectivity index (χ3v) is 4.12. The molecule has 2 aromatic rings. The molecule has 0 saturated heterocycles. The molecule has 0 saturated carbocycles. The van der Waals surface area contributed by atoms with Gasteiger partial charge in [0.1, 0.15) is 5.75 Å². The fraction of sp³-hybridized carbons (Fsp3) is 0.222. The van der Waals surface area contributed by atoms with Gasteiger partial charge in [-0.25, -0.2) is 0 Å². The van der Waals surface area contributed by atoms with E-state index in [4.69, 9.17) is 9.47 Å². The summed E-state index contributed by atoms with van der Waals surface area (Å²) in [5, 5.41) is 2.69. The molecule has 126 valence electrons. The van der Waals surface area contributed by atoms with Gasteiger partial charge in [0.05, 0.1) is 12.9 Å². The maximum Gasteiger partial charge on any atom is 0.317 e. The number of thioether (sulfide) groups is 1. The minimum atomic E-state index is -0.865. The van der Waals surface area contributed by atoms with Gasteiger partial charge in [-0.05, 0) is 43.3 Å². The first kappa shape index (κ1) is 17.9. The number of amides is 1. The molecule has 0 bridgehead atoms.